The summed E-state index contributed by atoms with van der Waals surface area (Å²) in [4.78, 5) is 12.1. The van der Waals surface area contributed by atoms with E-state index in [0.29, 0.717) is 5.75 Å². The fourth-order valence-electron chi connectivity index (χ4n) is 1.88. The van der Waals surface area contributed by atoms with Gasteiger partial charge < -0.3 is 10.1 Å². The Morgan fingerprint density at radius 3 is 2.62 bits per heavy atom. The number of amides is 1. The largest absolute Gasteiger partial charge is 0.481 e. The van der Waals surface area contributed by atoms with Crippen molar-refractivity contribution in [3.8, 4) is 5.75 Å². The first-order valence-electron chi connectivity index (χ1n) is 6.90. The molecular weight excluding hydrogens is 269 g/mol. The Hall–Kier alpha value is -2.36. The molecule has 0 saturated carbocycles. The summed E-state index contributed by atoms with van der Waals surface area (Å²) in [6, 6.07) is 13.3. The lowest BCUT2D eigenvalue weighted by Crippen LogP contribution is -2.30. The van der Waals surface area contributed by atoms with Crippen LogP contribution in [0.5, 0.6) is 5.75 Å². The number of hydrogen-bond acceptors (Lipinski definition) is 2. The van der Waals surface area contributed by atoms with Crippen molar-refractivity contribution >= 4 is 11.6 Å². The highest BCUT2D eigenvalue weighted by molar-refractivity contribution is 5.94. The molecule has 0 aliphatic heterocycles. The van der Waals surface area contributed by atoms with E-state index in [1.165, 1.54) is 24.3 Å². The van der Waals surface area contributed by atoms with Crippen LogP contribution in [-0.2, 0) is 11.2 Å². The van der Waals surface area contributed by atoms with E-state index in [-0.39, 0.29) is 11.7 Å². The summed E-state index contributed by atoms with van der Waals surface area (Å²) < 4.78 is 18.3. The minimum Gasteiger partial charge on any atom is -0.481 e. The highest BCUT2D eigenvalue weighted by Crippen LogP contribution is 2.15. The van der Waals surface area contributed by atoms with Gasteiger partial charge in [-0.25, -0.2) is 4.39 Å². The van der Waals surface area contributed by atoms with E-state index in [2.05, 4.69) is 12.2 Å². The van der Waals surface area contributed by atoms with E-state index in [9.17, 15) is 9.18 Å². The number of benzene rings is 2. The van der Waals surface area contributed by atoms with Crippen LogP contribution in [0.25, 0.3) is 0 Å². The molecule has 1 unspecified atom stereocenters. The van der Waals surface area contributed by atoms with Gasteiger partial charge in [-0.2, -0.15) is 0 Å². The molecule has 0 aliphatic rings. The summed E-state index contributed by atoms with van der Waals surface area (Å²) in [6.07, 6.45) is 0.242. The van der Waals surface area contributed by atoms with Crippen LogP contribution in [0.4, 0.5) is 10.1 Å². The second kappa shape index (κ2) is 6.88. The maximum absolute atomic E-state index is 12.8. The lowest BCUT2D eigenvalue weighted by Gasteiger charge is -2.15. The van der Waals surface area contributed by atoms with Crippen molar-refractivity contribution in [2.24, 2.45) is 0 Å². The molecule has 21 heavy (non-hydrogen) atoms. The molecule has 0 radical (unpaired) electrons. The summed E-state index contributed by atoms with van der Waals surface area (Å²) in [7, 11) is 0. The zero-order valence-corrected chi connectivity index (χ0v) is 12.1. The molecule has 110 valence electrons. The Morgan fingerprint density at radius 2 is 1.95 bits per heavy atom. The number of anilines is 1. The van der Waals surface area contributed by atoms with Gasteiger partial charge in [0.25, 0.3) is 5.91 Å². The quantitative estimate of drug-likeness (QED) is 0.908. The minimum absolute atomic E-state index is 0.243. The molecule has 1 N–H and O–H groups in total. The van der Waals surface area contributed by atoms with Crippen LogP contribution in [0.15, 0.2) is 48.5 Å². The third-order valence-electron chi connectivity index (χ3n) is 3.10. The molecule has 1 amide bonds. The Bertz CT molecular complexity index is 610. The second-order valence-electron chi connectivity index (χ2n) is 4.76. The zero-order chi connectivity index (χ0) is 15.2. The Balaban J connectivity index is 1.97. The first-order chi connectivity index (χ1) is 10.1. The van der Waals surface area contributed by atoms with Crippen LogP contribution < -0.4 is 10.1 Å². The Labute approximate surface area is 123 Å². The molecule has 3 nitrogen and oxygen atoms in total. The average molecular weight is 287 g/mol. The third-order valence-corrected chi connectivity index (χ3v) is 3.10. The molecule has 0 spiro atoms. The number of carbonyl (C=O) groups is 1. The molecule has 2 aromatic carbocycles. The Morgan fingerprint density at radius 1 is 1.24 bits per heavy atom. The predicted octanol–water partition coefficient (Wildman–Crippen LogP) is 3.79. The monoisotopic (exact) mass is 287 g/mol. The number of halogens is 1. The smallest absolute Gasteiger partial charge is 0.265 e. The normalized spacial score (nSPS) is 11.8. The summed E-state index contributed by atoms with van der Waals surface area (Å²) >= 11 is 0. The number of rotatable bonds is 5. The van der Waals surface area contributed by atoms with Crippen LogP contribution >= 0.6 is 0 Å². The van der Waals surface area contributed by atoms with E-state index in [1.54, 1.807) is 6.92 Å². The number of carbonyl (C=O) groups excluding carboxylic acids is 1. The van der Waals surface area contributed by atoms with Crippen molar-refractivity contribution in [2.75, 3.05) is 5.32 Å². The van der Waals surface area contributed by atoms with Gasteiger partial charge >= 0.3 is 0 Å². The van der Waals surface area contributed by atoms with Crippen LogP contribution in [-0.4, -0.2) is 12.0 Å². The van der Waals surface area contributed by atoms with Crippen molar-refractivity contribution < 1.29 is 13.9 Å². The summed E-state index contributed by atoms with van der Waals surface area (Å²) in [5.41, 5.74) is 1.90. The van der Waals surface area contributed by atoms with Crippen LogP contribution in [0.2, 0.25) is 0 Å². The van der Waals surface area contributed by atoms with Crippen molar-refractivity contribution in [2.45, 2.75) is 26.4 Å². The van der Waals surface area contributed by atoms with Crippen molar-refractivity contribution in [3.63, 3.8) is 0 Å². The van der Waals surface area contributed by atoms with Crippen LogP contribution in [0.1, 0.15) is 19.4 Å². The standard InChI is InChI=1S/C17H18FNO2/c1-3-13-5-4-6-15(11-13)19-17(20)12(2)21-16-9-7-14(18)8-10-16/h4-12H,3H2,1-2H3,(H,19,20). The molecule has 2 rings (SSSR count). The molecule has 0 aliphatic carbocycles. The van der Waals surface area contributed by atoms with E-state index >= 15 is 0 Å². The molecule has 1 atom stereocenters. The molecule has 0 heterocycles. The van der Waals surface area contributed by atoms with E-state index in [0.717, 1.165) is 17.7 Å². The molecule has 0 fully saturated rings. The lowest BCUT2D eigenvalue weighted by molar-refractivity contribution is -0.122. The predicted molar refractivity (Wildman–Crippen MR) is 80.9 cm³/mol. The minimum atomic E-state index is -0.666. The molecule has 0 saturated heterocycles. The maximum Gasteiger partial charge on any atom is 0.265 e. The van der Waals surface area contributed by atoms with Gasteiger partial charge in [0.05, 0.1) is 0 Å². The van der Waals surface area contributed by atoms with Gasteiger partial charge in [0, 0.05) is 5.69 Å². The zero-order valence-electron chi connectivity index (χ0n) is 12.1. The maximum atomic E-state index is 12.8. The fraction of sp³-hybridized carbons (Fsp3) is 0.235. The summed E-state index contributed by atoms with van der Waals surface area (Å²) in [5.74, 6) is -0.121. The highest BCUT2D eigenvalue weighted by Gasteiger charge is 2.15. The van der Waals surface area contributed by atoms with E-state index in [1.807, 2.05) is 24.3 Å². The molecular formula is C17H18FNO2. The fourth-order valence-corrected chi connectivity index (χ4v) is 1.88. The Kier molecular flexibility index (Phi) is 4.93. The average Bonchev–Trinajstić information content (AvgIpc) is 2.49. The summed E-state index contributed by atoms with van der Waals surface area (Å²) in [5, 5.41) is 2.81. The number of aryl methyl sites for hydroxylation is 1. The second-order valence-corrected chi connectivity index (χ2v) is 4.76. The molecule has 4 heteroatoms. The number of ether oxygens (including phenoxy) is 1. The van der Waals surface area contributed by atoms with Crippen LogP contribution in [0.3, 0.4) is 0 Å². The van der Waals surface area contributed by atoms with Gasteiger partial charge in [-0.05, 0) is 55.3 Å². The molecule has 2 aromatic rings. The van der Waals surface area contributed by atoms with Crippen molar-refractivity contribution in [1.29, 1.82) is 0 Å². The van der Waals surface area contributed by atoms with E-state index in [4.69, 9.17) is 4.74 Å². The van der Waals surface area contributed by atoms with Gasteiger partial charge in [0.2, 0.25) is 0 Å². The first-order valence-corrected chi connectivity index (χ1v) is 6.90. The topological polar surface area (TPSA) is 38.3 Å². The van der Waals surface area contributed by atoms with E-state index < -0.39 is 6.10 Å². The number of hydrogen-bond donors (Lipinski definition) is 1. The molecule has 0 bridgehead atoms. The third kappa shape index (κ3) is 4.31. The van der Waals surface area contributed by atoms with Gasteiger partial charge in [0.1, 0.15) is 11.6 Å². The van der Waals surface area contributed by atoms with Crippen LogP contribution in [0, 0.1) is 5.82 Å². The van der Waals surface area contributed by atoms with Crippen molar-refractivity contribution in [1.82, 2.24) is 0 Å². The van der Waals surface area contributed by atoms with Gasteiger partial charge in [-0.15, -0.1) is 0 Å². The number of nitrogens with one attached hydrogen (secondary N) is 1. The first kappa shape index (κ1) is 15.0. The SMILES string of the molecule is CCc1cccc(NC(=O)C(C)Oc2ccc(F)cc2)c1. The highest BCUT2D eigenvalue weighted by atomic mass is 19.1. The lowest BCUT2D eigenvalue weighted by atomic mass is 10.1. The van der Waals surface area contributed by atoms with Gasteiger partial charge in [-0.1, -0.05) is 19.1 Å². The van der Waals surface area contributed by atoms with Crippen molar-refractivity contribution in [3.05, 3.63) is 59.9 Å². The van der Waals surface area contributed by atoms with Gasteiger partial charge in [-0.3, -0.25) is 4.79 Å². The summed E-state index contributed by atoms with van der Waals surface area (Å²) in [6.45, 7) is 3.71. The molecule has 0 aromatic heterocycles. The van der Waals surface area contributed by atoms with Gasteiger partial charge in [0.15, 0.2) is 6.10 Å².